The van der Waals surface area contributed by atoms with Crippen LogP contribution < -0.4 is 5.32 Å². The van der Waals surface area contributed by atoms with Crippen molar-refractivity contribution < 1.29 is 14.3 Å². The van der Waals surface area contributed by atoms with E-state index < -0.39 is 0 Å². The number of ether oxygens (including phenoxy) is 1. The van der Waals surface area contributed by atoms with Gasteiger partial charge in [0.25, 0.3) is 11.8 Å². The molecular weight excluding hydrogens is 388 g/mol. The second kappa shape index (κ2) is 9.87. The molecule has 1 fully saturated rings. The van der Waals surface area contributed by atoms with Crippen molar-refractivity contribution in [3.63, 3.8) is 0 Å². The third kappa shape index (κ3) is 5.08. The second-order valence-electron chi connectivity index (χ2n) is 7.24. The van der Waals surface area contributed by atoms with Gasteiger partial charge in [-0.2, -0.15) is 0 Å². The van der Waals surface area contributed by atoms with Crippen molar-refractivity contribution in [3.8, 4) is 0 Å². The van der Waals surface area contributed by atoms with Gasteiger partial charge in [-0.05, 0) is 29.3 Å². The van der Waals surface area contributed by atoms with Crippen LogP contribution in [0.15, 0.2) is 84.9 Å². The number of nitrogens with zero attached hydrogens (tertiary/aromatic N) is 1. The van der Waals surface area contributed by atoms with E-state index >= 15 is 0 Å². The predicted molar refractivity (Wildman–Crippen MR) is 123 cm³/mol. The molecular formula is C26H24N2O3. The van der Waals surface area contributed by atoms with Crippen LogP contribution in [0.4, 0.5) is 5.69 Å². The van der Waals surface area contributed by atoms with Crippen molar-refractivity contribution in [2.45, 2.75) is 0 Å². The number of benzene rings is 3. The first-order valence-electron chi connectivity index (χ1n) is 10.3. The molecule has 1 aliphatic heterocycles. The highest BCUT2D eigenvalue weighted by molar-refractivity contribution is 6.29. The standard InChI is InChI=1S/C26H24N2O3/c29-25(23(21-11-5-2-6-12-21)19-20-9-3-1-4-10-20)27-24-14-8-7-13-22(24)26(30)28-15-17-31-18-16-28/h1-14,19H,15-18H2,(H,27,29)/b23-19+. The third-order valence-corrected chi connectivity index (χ3v) is 5.14. The predicted octanol–water partition coefficient (Wildman–Crippen LogP) is 4.34. The van der Waals surface area contributed by atoms with Gasteiger partial charge in [0.15, 0.2) is 0 Å². The first kappa shape index (κ1) is 20.6. The van der Waals surface area contributed by atoms with Crippen molar-refractivity contribution >= 4 is 29.2 Å². The molecule has 0 unspecified atom stereocenters. The molecule has 0 spiro atoms. The summed E-state index contributed by atoms with van der Waals surface area (Å²) in [6, 6.07) is 26.4. The normalized spacial score (nSPS) is 14.2. The lowest BCUT2D eigenvalue weighted by molar-refractivity contribution is -0.111. The Morgan fingerprint density at radius 3 is 2.13 bits per heavy atom. The molecule has 156 valence electrons. The number of nitrogens with one attached hydrogen (secondary N) is 1. The molecule has 5 nitrogen and oxygen atoms in total. The van der Waals surface area contributed by atoms with Gasteiger partial charge in [0.05, 0.1) is 24.5 Å². The molecule has 0 atom stereocenters. The number of para-hydroxylation sites is 1. The number of carbonyl (C=O) groups excluding carboxylic acids is 2. The maximum Gasteiger partial charge on any atom is 0.256 e. The minimum atomic E-state index is -0.266. The lowest BCUT2D eigenvalue weighted by Crippen LogP contribution is -2.41. The minimum absolute atomic E-state index is 0.104. The SMILES string of the molecule is O=C(Nc1ccccc1C(=O)N1CCOCC1)/C(=C/c1ccccc1)c1ccccc1. The molecule has 31 heavy (non-hydrogen) atoms. The van der Waals surface area contributed by atoms with Gasteiger partial charge in [0, 0.05) is 18.7 Å². The Labute approximate surface area is 182 Å². The van der Waals surface area contributed by atoms with Crippen LogP contribution in [-0.2, 0) is 9.53 Å². The maximum atomic E-state index is 13.3. The van der Waals surface area contributed by atoms with Crippen molar-refractivity contribution in [3.05, 3.63) is 102 Å². The van der Waals surface area contributed by atoms with E-state index in [0.29, 0.717) is 43.1 Å². The lowest BCUT2D eigenvalue weighted by Gasteiger charge is -2.27. The number of carbonyl (C=O) groups is 2. The zero-order valence-electron chi connectivity index (χ0n) is 17.2. The zero-order chi connectivity index (χ0) is 21.5. The first-order valence-corrected chi connectivity index (χ1v) is 10.3. The number of hydrogen-bond acceptors (Lipinski definition) is 3. The number of rotatable bonds is 5. The smallest absolute Gasteiger partial charge is 0.256 e. The van der Waals surface area contributed by atoms with E-state index in [-0.39, 0.29) is 11.8 Å². The summed E-state index contributed by atoms with van der Waals surface area (Å²) in [5.41, 5.74) is 3.24. The number of morpholine rings is 1. The van der Waals surface area contributed by atoms with E-state index in [1.807, 2.05) is 72.8 Å². The van der Waals surface area contributed by atoms with Crippen molar-refractivity contribution in [1.82, 2.24) is 4.90 Å². The Balaban J connectivity index is 1.64. The average Bonchev–Trinajstić information content (AvgIpc) is 2.84. The summed E-state index contributed by atoms with van der Waals surface area (Å²) < 4.78 is 5.35. The van der Waals surface area contributed by atoms with E-state index in [4.69, 9.17) is 4.74 Å². The van der Waals surface area contributed by atoms with Crippen LogP contribution in [0.5, 0.6) is 0 Å². The monoisotopic (exact) mass is 412 g/mol. The number of hydrogen-bond donors (Lipinski definition) is 1. The van der Waals surface area contributed by atoms with Crippen LogP contribution in [0, 0.1) is 0 Å². The summed E-state index contributed by atoms with van der Waals surface area (Å²) in [6.07, 6.45) is 1.86. The van der Waals surface area contributed by atoms with Crippen LogP contribution >= 0.6 is 0 Å². The molecule has 0 radical (unpaired) electrons. The van der Waals surface area contributed by atoms with Gasteiger partial charge in [0.2, 0.25) is 0 Å². The second-order valence-corrected chi connectivity index (χ2v) is 7.24. The number of amides is 2. The van der Waals surface area contributed by atoms with Crippen LogP contribution in [0.3, 0.4) is 0 Å². The van der Waals surface area contributed by atoms with Crippen molar-refractivity contribution in [2.75, 3.05) is 31.6 Å². The summed E-state index contributed by atoms with van der Waals surface area (Å²) in [7, 11) is 0. The summed E-state index contributed by atoms with van der Waals surface area (Å²) in [4.78, 5) is 28.1. The van der Waals surface area contributed by atoms with E-state index in [1.165, 1.54) is 0 Å². The van der Waals surface area contributed by atoms with Crippen molar-refractivity contribution in [1.29, 1.82) is 0 Å². The van der Waals surface area contributed by atoms with Gasteiger partial charge in [-0.3, -0.25) is 9.59 Å². The maximum absolute atomic E-state index is 13.3. The quantitative estimate of drug-likeness (QED) is 0.501. The zero-order valence-corrected chi connectivity index (χ0v) is 17.2. The average molecular weight is 412 g/mol. The van der Waals surface area contributed by atoms with Crippen LogP contribution in [0.25, 0.3) is 11.6 Å². The van der Waals surface area contributed by atoms with E-state index in [0.717, 1.165) is 11.1 Å². The molecule has 3 aromatic carbocycles. The third-order valence-electron chi connectivity index (χ3n) is 5.14. The Morgan fingerprint density at radius 1 is 0.806 bits per heavy atom. The summed E-state index contributed by atoms with van der Waals surface area (Å²) >= 11 is 0. The van der Waals surface area contributed by atoms with Crippen molar-refractivity contribution in [2.24, 2.45) is 0 Å². The summed E-state index contributed by atoms with van der Waals surface area (Å²) in [5.74, 6) is -0.371. The van der Waals surface area contributed by atoms with E-state index in [1.54, 1.807) is 23.1 Å². The fourth-order valence-electron chi connectivity index (χ4n) is 3.52. The molecule has 1 N–H and O–H groups in total. The Morgan fingerprint density at radius 2 is 1.42 bits per heavy atom. The molecule has 1 aliphatic rings. The molecule has 2 amide bonds. The first-order chi connectivity index (χ1) is 15.2. The van der Waals surface area contributed by atoms with E-state index in [2.05, 4.69) is 5.32 Å². The summed E-state index contributed by atoms with van der Waals surface area (Å²) in [5, 5.41) is 2.96. The Hall–Kier alpha value is -3.70. The van der Waals surface area contributed by atoms with Gasteiger partial charge in [0.1, 0.15) is 0 Å². The summed E-state index contributed by atoms with van der Waals surface area (Å²) in [6.45, 7) is 2.14. The van der Waals surface area contributed by atoms with Gasteiger partial charge < -0.3 is 15.0 Å². The van der Waals surface area contributed by atoms with Crippen LogP contribution in [-0.4, -0.2) is 43.0 Å². The topological polar surface area (TPSA) is 58.6 Å². The van der Waals surface area contributed by atoms with Gasteiger partial charge in [-0.25, -0.2) is 0 Å². The molecule has 4 rings (SSSR count). The minimum Gasteiger partial charge on any atom is -0.378 e. The molecule has 1 saturated heterocycles. The highest BCUT2D eigenvalue weighted by atomic mass is 16.5. The molecule has 0 aromatic heterocycles. The van der Waals surface area contributed by atoms with Crippen LogP contribution in [0.2, 0.25) is 0 Å². The molecule has 5 heteroatoms. The Kier molecular flexibility index (Phi) is 6.55. The van der Waals surface area contributed by atoms with E-state index in [9.17, 15) is 9.59 Å². The highest BCUT2D eigenvalue weighted by Crippen LogP contribution is 2.23. The molecule has 1 heterocycles. The largest absolute Gasteiger partial charge is 0.378 e. The lowest BCUT2D eigenvalue weighted by atomic mass is 10.0. The Bertz CT molecular complexity index is 1070. The highest BCUT2D eigenvalue weighted by Gasteiger charge is 2.22. The fraction of sp³-hybridized carbons (Fsp3) is 0.154. The fourth-order valence-corrected chi connectivity index (χ4v) is 3.52. The molecule has 3 aromatic rings. The van der Waals surface area contributed by atoms with Crippen LogP contribution in [0.1, 0.15) is 21.5 Å². The van der Waals surface area contributed by atoms with Gasteiger partial charge >= 0.3 is 0 Å². The molecule has 0 saturated carbocycles. The van der Waals surface area contributed by atoms with Gasteiger partial charge in [-0.15, -0.1) is 0 Å². The molecule has 0 aliphatic carbocycles. The molecule has 0 bridgehead atoms. The number of anilines is 1. The van der Waals surface area contributed by atoms with Gasteiger partial charge in [-0.1, -0.05) is 72.8 Å².